The van der Waals surface area contributed by atoms with Crippen LogP contribution in [0.3, 0.4) is 0 Å². The molecule has 6 heteroatoms. The van der Waals surface area contributed by atoms with Crippen LogP contribution in [0.2, 0.25) is 5.02 Å². The molecule has 2 aromatic carbocycles. The van der Waals surface area contributed by atoms with Gasteiger partial charge in [-0.05, 0) is 36.3 Å². The molecule has 0 aliphatic rings. The number of carbonyl (C=O) groups excluding carboxylic acids is 2. The third kappa shape index (κ3) is 5.44. The van der Waals surface area contributed by atoms with Gasteiger partial charge in [0.25, 0.3) is 11.8 Å². The summed E-state index contributed by atoms with van der Waals surface area (Å²) in [7, 11) is 0. The van der Waals surface area contributed by atoms with Gasteiger partial charge in [-0.1, -0.05) is 48.0 Å². The Balaban J connectivity index is 1.76. The number of halogens is 1. The largest absolute Gasteiger partial charge is 0.482 e. The predicted octanol–water partition coefficient (Wildman–Crippen LogP) is 2.89. The molecule has 0 bridgehead atoms. The Morgan fingerprint density at radius 3 is 2.54 bits per heavy atom. The molecule has 0 aliphatic carbocycles. The second-order valence-electron chi connectivity index (χ2n) is 4.95. The minimum Gasteiger partial charge on any atom is -0.482 e. The lowest BCUT2D eigenvalue weighted by molar-refractivity contribution is -0.128. The van der Waals surface area contributed by atoms with E-state index in [4.69, 9.17) is 16.3 Å². The summed E-state index contributed by atoms with van der Waals surface area (Å²) in [6.07, 6.45) is 3.02. The third-order valence-electron chi connectivity index (χ3n) is 3.12. The van der Waals surface area contributed by atoms with Gasteiger partial charge in [0.2, 0.25) is 0 Å². The highest BCUT2D eigenvalue weighted by Crippen LogP contribution is 2.22. The Morgan fingerprint density at radius 2 is 1.79 bits per heavy atom. The maximum Gasteiger partial charge on any atom is 0.276 e. The fraction of sp³-hybridized carbons (Fsp3) is 0.111. The number of hydrogen-bond donors (Lipinski definition) is 2. The Bertz CT molecular complexity index is 759. The predicted molar refractivity (Wildman–Crippen MR) is 93.4 cm³/mol. The van der Waals surface area contributed by atoms with Crippen molar-refractivity contribution in [2.24, 2.45) is 0 Å². The molecule has 0 unspecified atom stereocenters. The lowest BCUT2D eigenvalue weighted by Gasteiger charge is -2.08. The molecular formula is C18H17ClN2O3. The highest BCUT2D eigenvalue weighted by Gasteiger charge is 2.06. The molecule has 5 nitrogen and oxygen atoms in total. The summed E-state index contributed by atoms with van der Waals surface area (Å²) in [5, 5.41) is 0.412. The van der Waals surface area contributed by atoms with Crippen LogP contribution >= 0.6 is 11.6 Å². The Kier molecular flexibility index (Phi) is 6.40. The van der Waals surface area contributed by atoms with Crippen molar-refractivity contribution in [3.8, 4) is 5.75 Å². The van der Waals surface area contributed by atoms with Crippen LogP contribution in [0.15, 0.2) is 54.6 Å². The lowest BCUT2D eigenvalue weighted by atomic mass is 10.1. The van der Waals surface area contributed by atoms with Gasteiger partial charge in [-0.25, -0.2) is 0 Å². The van der Waals surface area contributed by atoms with E-state index in [2.05, 4.69) is 10.9 Å². The molecule has 0 heterocycles. The molecule has 2 amide bonds. The first kappa shape index (κ1) is 17.6. The van der Waals surface area contributed by atoms with Crippen LogP contribution in [0, 0.1) is 6.92 Å². The van der Waals surface area contributed by atoms with Crippen molar-refractivity contribution in [2.45, 2.75) is 6.92 Å². The van der Waals surface area contributed by atoms with Gasteiger partial charge in [-0.2, -0.15) is 0 Å². The fourth-order valence-corrected chi connectivity index (χ4v) is 2.04. The molecule has 0 saturated heterocycles. The summed E-state index contributed by atoms with van der Waals surface area (Å²) >= 11 is 5.91. The van der Waals surface area contributed by atoms with Crippen molar-refractivity contribution in [3.05, 3.63) is 70.8 Å². The maximum absolute atomic E-state index is 11.7. The number of aryl methyl sites for hydroxylation is 1. The van der Waals surface area contributed by atoms with Crippen molar-refractivity contribution in [2.75, 3.05) is 6.61 Å². The number of hydrazine groups is 1. The average Bonchev–Trinajstić information content (AvgIpc) is 2.58. The van der Waals surface area contributed by atoms with Crippen molar-refractivity contribution < 1.29 is 14.3 Å². The molecule has 0 aliphatic heterocycles. The molecule has 124 valence electrons. The van der Waals surface area contributed by atoms with E-state index < -0.39 is 11.8 Å². The van der Waals surface area contributed by atoms with Crippen molar-refractivity contribution >= 4 is 29.5 Å². The van der Waals surface area contributed by atoms with Gasteiger partial charge in [0.1, 0.15) is 5.75 Å². The number of nitrogens with one attached hydrogen (secondary N) is 2. The van der Waals surface area contributed by atoms with Crippen molar-refractivity contribution in [1.29, 1.82) is 0 Å². The van der Waals surface area contributed by atoms with Crippen LogP contribution in [-0.2, 0) is 9.59 Å². The molecule has 2 aromatic rings. The Labute approximate surface area is 145 Å². The monoisotopic (exact) mass is 344 g/mol. The molecule has 0 atom stereocenters. The first-order valence-electron chi connectivity index (χ1n) is 7.26. The second-order valence-corrected chi connectivity index (χ2v) is 5.35. The normalized spacial score (nSPS) is 10.4. The first-order chi connectivity index (χ1) is 11.6. The molecule has 0 fully saturated rings. The molecule has 2 N–H and O–H groups in total. The van der Waals surface area contributed by atoms with E-state index >= 15 is 0 Å². The number of amides is 2. The molecule has 0 saturated carbocycles. The summed E-state index contributed by atoms with van der Waals surface area (Å²) in [4.78, 5) is 23.3. The minimum absolute atomic E-state index is 0.258. The number of para-hydroxylation sites is 1. The van der Waals surface area contributed by atoms with Crippen molar-refractivity contribution in [1.82, 2.24) is 10.9 Å². The van der Waals surface area contributed by atoms with Gasteiger partial charge in [0.15, 0.2) is 6.61 Å². The highest BCUT2D eigenvalue weighted by atomic mass is 35.5. The molecule has 0 aromatic heterocycles. The summed E-state index contributed by atoms with van der Waals surface area (Å²) in [5.41, 5.74) is 6.54. The van der Waals surface area contributed by atoms with Crippen LogP contribution in [0.1, 0.15) is 11.1 Å². The van der Waals surface area contributed by atoms with Gasteiger partial charge in [0, 0.05) is 6.08 Å². The average molecular weight is 345 g/mol. The van der Waals surface area contributed by atoms with Crippen molar-refractivity contribution in [3.63, 3.8) is 0 Å². The zero-order valence-corrected chi connectivity index (χ0v) is 13.8. The van der Waals surface area contributed by atoms with Crippen LogP contribution in [0.25, 0.3) is 6.08 Å². The van der Waals surface area contributed by atoms with Gasteiger partial charge < -0.3 is 4.74 Å². The molecular weight excluding hydrogens is 328 g/mol. The SMILES string of the molecule is Cc1ccccc1/C=C/C(=O)NNC(=O)COc1ccccc1Cl. The summed E-state index contributed by atoms with van der Waals surface area (Å²) in [5.74, 6) is -0.531. The van der Waals surface area contributed by atoms with E-state index in [-0.39, 0.29) is 6.61 Å². The van der Waals surface area contributed by atoms with Gasteiger partial charge in [-0.15, -0.1) is 0 Å². The topological polar surface area (TPSA) is 67.4 Å². The number of benzene rings is 2. The molecule has 0 radical (unpaired) electrons. The number of hydrogen-bond acceptors (Lipinski definition) is 3. The minimum atomic E-state index is -0.493. The maximum atomic E-state index is 11.7. The smallest absolute Gasteiger partial charge is 0.276 e. The van der Waals surface area contributed by atoms with Crippen LogP contribution < -0.4 is 15.6 Å². The van der Waals surface area contributed by atoms with Crippen LogP contribution in [0.4, 0.5) is 0 Å². The van der Waals surface area contributed by atoms with Gasteiger partial charge in [0.05, 0.1) is 5.02 Å². The number of ether oxygens (including phenoxy) is 1. The van der Waals surface area contributed by atoms with E-state index in [0.29, 0.717) is 10.8 Å². The zero-order valence-electron chi connectivity index (χ0n) is 13.1. The summed E-state index contributed by atoms with van der Waals surface area (Å²) in [6.45, 7) is 1.69. The summed E-state index contributed by atoms with van der Waals surface area (Å²) in [6, 6.07) is 14.5. The summed E-state index contributed by atoms with van der Waals surface area (Å²) < 4.78 is 5.26. The van der Waals surface area contributed by atoms with Gasteiger partial charge >= 0.3 is 0 Å². The third-order valence-corrected chi connectivity index (χ3v) is 3.44. The molecule has 0 spiro atoms. The molecule has 2 rings (SSSR count). The zero-order chi connectivity index (χ0) is 17.4. The van der Waals surface area contributed by atoms with Crippen LogP contribution in [0.5, 0.6) is 5.75 Å². The standard InChI is InChI=1S/C18H17ClN2O3/c1-13-6-2-3-7-14(13)10-11-17(22)20-21-18(23)12-24-16-9-5-4-8-15(16)19/h2-11H,12H2,1H3,(H,20,22)(H,21,23)/b11-10+. The number of rotatable bonds is 5. The fourth-order valence-electron chi connectivity index (χ4n) is 1.85. The van der Waals surface area contributed by atoms with E-state index in [1.807, 2.05) is 31.2 Å². The Hall–Kier alpha value is -2.79. The van der Waals surface area contributed by atoms with E-state index in [1.165, 1.54) is 6.08 Å². The Morgan fingerprint density at radius 1 is 1.08 bits per heavy atom. The number of carbonyl (C=O) groups is 2. The van der Waals surface area contributed by atoms with E-state index in [1.54, 1.807) is 30.3 Å². The first-order valence-corrected chi connectivity index (χ1v) is 7.64. The van der Waals surface area contributed by atoms with Gasteiger partial charge in [-0.3, -0.25) is 20.4 Å². The quantitative estimate of drug-likeness (QED) is 0.647. The van der Waals surface area contributed by atoms with Crippen LogP contribution in [-0.4, -0.2) is 18.4 Å². The molecule has 24 heavy (non-hydrogen) atoms. The second kappa shape index (κ2) is 8.74. The highest BCUT2D eigenvalue weighted by molar-refractivity contribution is 6.32. The van der Waals surface area contributed by atoms with E-state index in [0.717, 1.165) is 11.1 Å². The van der Waals surface area contributed by atoms with E-state index in [9.17, 15) is 9.59 Å². The lowest BCUT2D eigenvalue weighted by Crippen LogP contribution is -2.43.